The molecule has 0 saturated heterocycles. The predicted molar refractivity (Wildman–Crippen MR) is 83.4 cm³/mol. The van der Waals surface area contributed by atoms with Crippen molar-refractivity contribution in [2.45, 2.75) is 20.0 Å². The van der Waals surface area contributed by atoms with Crippen LogP contribution in [0.15, 0.2) is 54.9 Å². The lowest BCUT2D eigenvalue weighted by molar-refractivity contribution is -0.117. The summed E-state index contributed by atoms with van der Waals surface area (Å²) < 4.78 is 3.44. The van der Waals surface area contributed by atoms with E-state index in [1.54, 1.807) is 21.6 Å². The summed E-state index contributed by atoms with van der Waals surface area (Å²) in [6.07, 6.45) is 3.53. The van der Waals surface area contributed by atoms with E-state index < -0.39 is 0 Å². The molecule has 0 atom stereocenters. The van der Waals surface area contributed by atoms with E-state index in [4.69, 9.17) is 0 Å². The highest BCUT2D eigenvalue weighted by Gasteiger charge is 2.08. The molecule has 0 bridgehead atoms. The van der Waals surface area contributed by atoms with Crippen LogP contribution in [-0.4, -0.2) is 25.5 Å². The summed E-state index contributed by atoms with van der Waals surface area (Å²) in [6, 6.07) is 13.7. The first kappa shape index (κ1) is 14.1. The third-order valence-electron chi connectivity index (χ3n) is 3.32. The molecule has 0 aliphatic rings. The topological polar surface area (TPSA) is 64.7 Å². The normalized spacial score (nSPS) is 10.6. The van der Waals surface area contributed by atoms with Crippen molar-refractivity contribution in [3.05, 3.63) is 66.1 Å². The zero-order chi connectivity index (χ0) is 15.4. The van der Waals surface area contributed by atoms with Gasteiger partial charge >= 0.3 is 0 Å². The van der Waals surface area contributed by atoms with Gasteiger partial charge in [-0.3, -0.25) is 14.2 Å². The molecule has 0 saturated carbocycles. The van der Waals surface area contributed by atoms with Crippen molar-refractivity contribution >= 4 is 11.7 Å². The molecular weight excluding hydrogens is 278 g/mol. The third-order valence-corrected chi connectivity index (χ3v) is 3.32. The first-order valence-electron chi connectivity index (χ1n) is 7.06. The number of anilines is 1. The van der Waals surface area contributed by atoms with Crippen LogP contribution in [0.25, 0.3) is 0 Å². The van der Waals surface area contributed by atoms with Gasteiger partial charge in [0.1, 0.15) is 6.54 Å². The van der Waals surface area contributed by atoms with E-state index in [1.165, 1.54) is 0 Å². The van der Waals surface area contributed by atoms with E-state index in [9.17, 15) is 4.79 Å². The van der Waals surface area contributed by atoms with Gasteiger partial charge in [-0.15, -0.1) is 0 Å². The molecule has 6 nitrogen and oxygen atoms in total. The molecule has 0 spiro atoms. The minimum atomic E-state index is -0.142. The maximum atomic E-state index is 12.0. The van der Waals surface area contributed by atoms with Crippen molar-refractivity contribution in [3.63, 3.8) is 0 Å². The monoisotopic (exact) mass is 295 g/mol. The van der Waals surface area contributed by atoms with Crippen molar-refractivity contribution in [2.75, 3.05) is 5.32 Å². The number of amides is 1. The van der Waals surface area contributed by atoms with Gasteiger partial charge < -0.3 is 5.32 Å². The Morgan fingerprint density at radius 3 is 2.73 bits per heavy atom. The number of rotatable bonds is 5. The fourth-order valence-electron chi connectivity index (χ4n) is 2.17. The molecule has 6 heteroatoms. The number of hydrogen-bond acceptors (Lipinski definition) is 3. The Morgan fingerprint density at radius 1 is 1.18 bits per heavy atom. The second-order valence-corrected chi connectivity index (χ2v) is 5.06. The van der Waals surface area contributed by atoms with E-state index in [2.05, 4.69) is 15.5 Å². The van der Waals surface area contributed by atoms with Crippen molar-refractivity contribution in [2.24, 2.45) is 0 Å². The highest BCUT2D eigenvalue weighted by atomic mass is 16.2. The fourth-order valence-corrected chi connectivity index (χ4v) is 2.17. The second-order valence-electron chi connectivity index (χ2n) is 5.06. The molecule has 0 unspecified atom stereocenters. The van der Waals surface area contributed by atoms with Crippen LogP contribution in [0.1, 0.15) is 11.3 Å². The maximum absolute atomic E-state index is 12.0. The third kappa shape index (κ3) is 3.41. The minimum Gasteiger partial charge on any atom is -0.308 e. The van der Waals surface area contributed by atoms with Crippen LogP contribution in [0.3, 0.4) is 0 Å². The number of aromatic nitrogens is 4. The fraction of sp³-hybridized carbons (Fsp3) is 0.188. The van der Waals surface area contributed by atoms with Crippen LogP contribution in [0.5, 0.6) is 0 Å². The summed E-state index contributed by atoms with van der Waals surface area (Å²) in [7, 11) is 0. The lowest BCUT2D eigenvalue weighted by Crippen LogP contribution is -2.20. The van der Waals surface area contributed by atoms with Crippen molar-refractivity contribution in [1.82, 2.24) is 19.6 Å². The number of carbonyl (C=O) groups excluding carboxylic acids is 1. The number of nitrogens with one attached hydrogen (secondary N) is 1. The molecular formula is C16H17N5O. The summed E-state index contributed by atoms with van der Waals surface area (Å²) in [4.78, 5) is 12.0. The smallest absolute Gasteiger partial charge is 0.247 e. The molecule has 22 heavy (non-hydrogen) atoms. The average molecular weight is 295 g/mol. The Labute approximate surface area is 128 Å². The standard InChI is InChI=1S/C16H17N5O/c1-13-7-9-17-21(13)12-16(22)18-15-8-10-20(19-15)11-14-5-3-2-4-6-14/h2-10H,11-12H2,1H3,(H,18,19,22). The van der Waals surface area contributed by atoms with E-state index in [0.29, 0.717) is 12.4 Å². The first-order chi connectivity index (χ1) is 10.7. The Balaban J connectivity index is 1.59. The van der Waals surface area contributed by atoms with Gasteiger partial charge in [0, 0.05) is 24.2 Å². The molecule has 1 N–H and O–H groups in total. The van der Waals surface area contributed by atoms with E-state index >= 15 is 0 Å². The Kier molecular flexibility index (Phi) is 4.00. The molecule has 1 amide bonds. The maximum Gasteiger partial charge on any atom is 0.247 e. The van der Waals surface area contributed by atoms with Gasteiger partial charge in [0.15, 0.2) is 5.82 Å². The quantitative estimate of drug-likeness (QED) is 0.783. The highest BCUT2D eigenvalue weighted by molar-refractivity contribution is 5.89. The van der Waals surface area contributed by atoms with Crippen LogP contribution in [0.4, 0.5) is 5.82 Å². The lowest BCUT2D eigenvalue weighted by atomic mass is 10.2. The van der Waals surface area contributed by atoms with Crippen LogP contribution in [-0.2, 0) is 17.9 Å². The lowest BCUT2D eigenvalue weighted by Gasteiger charge is -2.04. The number of aryl methyl sites for hydroxylation is 1. The summed E-state index contributed by atoms with van der Waals surface area (Å²) in [5.74, 6) is 0.405. The van der Waals surface area contributed by atoms with Crippen molar-refractivity contribution in [1.29, 1.82) is 0 Å². The van der Waals surface area contributed by atoms with Crippen LogP contribution in [0.2, 0.25) is 0 Å². The number of carbonyl (C=O) groups is 1. The van der Waals surface area contributed by atoms with Gasteiger partial charge in [-0.1, -0.05) is 30.3 Å². The zero-order valence-corrected chi connectivity index (χ0v) is 12.3. The summed E-state index contributed by atoms with van der Waals surface area (Å²) in [5.41, 5.74) is 2.11. The summed E-state index contributed by atoms with van der Waals surface area (Å²) >= 11 is 0. The van der Waals surface area contributed by atoms with Crippen LogP contribution < -0.4 is 5.32 Å². The average Bonchev–Trinajstić information content (AvgIpc) is 3.10. The molecule has 112 valence electrons. The Morgan fingerprint density at radius 2 is 2.00 bits per heavy atom. The van der Waals surface area contributed by atoms with E-state index in [0.717, 1.165) is 11.3 Å². The molecule has 2 aromatic heterocycles. The number of nitrogens with zero attached hydrogens (tertiary/aromatic N) is 4. The molecule has 2 heterocycles. The number of hydrogen-bond donors (Lipinski definition) is 1. The largest absolute Gasteiger partial charge is 0.308 e. The molecule has 0 radical (unpaired) electrons. The van der Waals surface area contributed by atoms with Gasteiger partial charge in [-0.2, -0.15) is 10.2 Å². The number of benzene rings is 1. The van der Waals surface area contributed by atoms with Crippen LogP contribution in [0, 0.1) is 6.92 Å². The molecule has 3 rings (SSSR count). The molecule has 3 aromatic rings. The predicted octanol–water partition coefficient (Wildman–Crippen LogP) is 2.08. The van der Waals surface area contributed by atoms with E-state index in [-0.39, 0.29) is 12.5 Å². The SMILES string of the molecule is Cc1ccnn1CC(=O)Nc1ccn(Cc2ccccc2)n1. The van der Waals surface area contributed by atoms with Crippen LogP contribution >= 0.6 is 0 Å². The molecule has 0 aliphatic carbocycles. The Hall–Kier alpha value is -2.89. The van der Waals surface area contributed by atoms with Gasteiger partial charge in [0.25, 0.3) is 0 Å². The zero-order valence-electron chi connectivity index (χ0n) is 12.3. The van der Waals surface area contributed by atoms with Crippen molar-refractivity contribution in [3.8, 4) is 0 Å². The first-order valence-corrected chi connectivity index (χ1v) is 7.06. The second kappa shape index (κ2) is 6.26. The molecule has 1 aromatic carbocycles. The van der Waals surface area contributed by atoms with Gasteiger partial charge in [-0.05, 0) is 18.6 Å². The molecule has 0 fully saturated rings. The van der Waals surface area contributed by atoms with Crippen molar-refractivity contribution < 1.29 is 4.79 Å². The van der Waals surface area contributed by atoms with Gasteiger partial charge in [-0.25, -0.2) is 0 Å². The summed E-state index contributed by atoms with van der Waals surface area (Å²) in [6.45, 7) is 2.77. The summed E-state index contributed by atoms with van der Waals surface area (Å²) in [5, 5.41) is 11.2. The highest BCUT2D eigenvalue weighted by Crippen LogP contribution is 2.07. The van der Waals surface area contributed by atoms with E-state index in [1.807, 2.05) is 49.5 Å². The van der Waals surface area contributed by atoms with Gasteiger partial charge in [0.05, 0.1) is 6.54 Å². The Bertz CT molecular complexity index is 760. The minimum absolute atomic E-state index is 0.142. The molecule has 0 aliphatic heterocycles. The van der Waals surface area contributed by atoms with Gasteiger partial charge in [0.2, 0.25) is 5.91 Å².